The predicted octanol–water partition coefficient (Wildman–Crippen LogP) is 8.86. The zero-order chi connectivity index (χ0) is 36.6. The molecule has 0 saturated heterocycles. The van der Waals surface area contributed by atoms with E-state index in [-0.39, 0.29) is 11.7 Å². The number of benzene rings is 2. The highest BCUT2D eigenvalue weighted by Gasteiger charge is 2.61. The van der Waals surface area contributed by atoms with E-state index in [0.717, 1.165) is 0 Å². The van der Waals surface area contributed by atoms with Crippen LogP contribution in [0.15, 0.2) is 54.6 Å². The van der Waals surface area contributed by atoms with Crippen LogP contribution in [-0.4, -0.2) is 28.7 Å². The fraction of sp³-hybridized carbons (Fsp3) is 0.600. The Bertz CT molecular complexity index is 1440. The number of hydrogen-bond donors (Lipinski definition) is 3. The molecule has 2 rings (SSSR count). The van der Waals surface area contributed by atoms with Crippen LogP contribution in [0.2, 0.25) is 0 Å². The Morgan fingerprint density at radius 1 is 0.638 bits per heavy atom. The SMILES string of the molecule is CC(C)(C)C(CC(C)(C)C(C)(C)C(C(=O)O)C(C)(C)C(C)(C)C(C(N)=O)C(C)(C)C)C(=O)Nc1ccc(C(=O)c2ccccc2)cc1. The van der Waals surface area contributed by atoms with E-state index in [2.05, 4.69) is 5.32 Å². The summed E-state index contributed by atoms with van der Waals surface area (Å²) in [5.74, 6) is -3.60. The number of nitrogens with one attached hydrogen (secondary N) is 1. The fourth-order valence-corrected chi connectivity index (χ4v) is 7.78. The number of carbonyl (C=O) groups excluding carboxylic acids is 3. The highest BCUT2D eigenvalue weighted by Crippen LogP contribution is 2.62. The molecular weight excluding hydrogens is 588 g/mol. The second kappa shape index (κ2) is 13.6. The van der Waals surface area contributed by atoms with Gasteiger partial charge in [0, 0.05) is 28.7 Å². The van der Waals surface area contributed by atoms with Crippen molar-refractivity contribution in [2.24, 2.45) is 56.0 Å². The zero-order valence-corrected chi connectivity index (χ0v) is 31.3. The molecule has 0 aliphatic carbocycles. The summed E-state index contributed by atoms with van der Waals surface area (Å²) in [7, 11) is 0. The molecule has 0 bridgehead atoms. The van der Waals surface area contributed by atoms with Crippen LogP contribution in [0, 0.1) is 50.2 Å². The number of aliphatic carboxylic acids is 1. The van der Waals surface area contributed by atoms with Gasteiger partial charge in [-0.3, -0.25) is 19.2 Å². The average molecular weight is 649 g/mol. The summed E-state index contributed by atoms with van der Waals surface area (Å²) in [6.45, 7) is 27.8. The summed E-state index contributed by atoms with van der Waals surface area (Å²) in [6, 6.07) is 15.9. The molecule has 0 aromatic heterocycles. The van der Waals surface area contributed by atoms with Gasteiger partial charge in [-0.1, -0.05) is 127 Å². The first-order chi connectivity index (χ1) is 21.1. The molecule has 260 valence electrons. The average Bonchev–Trinajstić information content (AvgIpc) is 2.89. The highest BCUT2D eigenvalue weighted by atomic mass is 16.4. The van der Waals surface area contributed by atoms with Crippen LogP contribution >= 0.6 is 0 Å². The van der Waals surface area contributed by atoms with Gasteiger partial charge in [-0.15, -0.1) is 0 Å². The van der Waals surface area contributed by atoms with Crippen molar-refractivity contribution in [3.8, 4) is 0 Å². The maximum Gasteiger partial charge on any atom is 0.307 e. The van der Waals surface area contributed by atoms with E-state index < -0.39 is 62.1 Å². The Morgan fingerprint density at radius 2 is 1.09 bits per heavy atom. The van der Waals surface area contributed by atoms with E-state index in [9.17, 15) is 24.3 Å². The van der Waals surface area contributed by atoms with Gasteiger partial charge in [0.1, 0.15) is 0 Å². The Balaban J connectivity index is 2.46. The van der Waals surface area contributed by atoms with E-state index in [4.69, 9.17) is 5.73 Å². The zero-order valence-electron chi connectivity index (χ0n) is 31.3. The van der Waals surface area contributed by atoms with Crippen molar-refractivity contribution in [1.29, 1.82) is 0 Å². The van der Waals surface area contributed by atoms with E-state index in [1.165, 1.54) is 0 Å². The molecule has 0 radical (unpaired) electrons. The molecule has 0 fully saturated rings. The van der Waals surface area contributed by atoms with Crippen molar-refractivity contribution in [1.82, 2.24) is 0 Å². The molecular formula is C40H60N2O5. The third kappa shape index (κ3) is 8.33. The van der Waals surface area contributed by atoms with Crippen molar-refractivity contribution in [2.75, 3.05) is 5.32 Å². The second-order valence-electron chi connectivity index (χ2n) is 17.9. The summed E-state index contributed by atoms with van der Waals surface area (Å²) >= 11 is 0. The maximum absolute atomic E-state index is 14.0. The number of rotatable bonds is 13. The molecule has 7 nitrogen and oxygen atoms in total. The standard InChI is InChI=1S/C40H60N2O5/c1-35(2,3)28(33(45)42-27-22-20-26(21-23-27)29(43)25-18-16-15-17-19-25)24-37(7,8)38(9,10)31(34(46)47)40(13,14)39(11,12)30(32(41)44)36(4,5)6/h15-23,28,30-31H,24H2,1-14H3,(H2,41,44)(H,42,45)(H,46,47). The number of primary amides is 1. The summed E-state index contributed by atoms with van der Waals surface area (Å²) in [4.78, 5) is 53.1. The van der Waals surface area contributed by atoms with E-state index in [0.29, 0.717) is 23.2 Å². The van der Waals surface area contributed by atoms with Crippen molar-refractivity contribution in [3.63, 3.8) is 0 Å². The summed E-state index contributed by atoms with van der Waals surface area (Å²) < 4.78 is 0. The first-order valence-corrected chi connectivity index (χ1v) is 16.6. The maximum atomic E-state index is 14.0. The Kier molecular flexibility index (Phi) is 11.5. The van der Waals surface area contributed by atoms with Gasteiger partial charge >= 0.3 is 5.97 Å². The molecule has 0 aliphatic rings. The molecule has 3 atom stereocenters. The van der Waals surface area contributed by atoms with E-state index in [1.807, 2.05) is 115 Å². The number of amides is 2. The molecule has 4 N–H and O–H groups in total. The minimum absolute atomic E-state index is 0.0937. The van der Waals surface area contributed by atoms with Gasteiger partial charge in [0.2, 0.25) is 11.8 Å². The van der Waals surface area contributed by atoms with Crippen molar-refractivity contribution >= 4 is 29.3 Å². The van der Waals surface area contributed by atoms with Crippen molar-refractivity contribution in [3.05, 3.63) is 65.7 Å². The minimum atomic E-state index is -0.944. The molecule has 7 heteroatoms. The number of carboxylic acids is 1. The van der Waals surface area contributed by atoms with Gasteiger partial charge in [0.15, 0.2) is 5.78 Å². The lowest BCUT2D eigenvalue weighted by Crippen LogP contribution is -2.59. The third-order valence-electron chi connectivity index (χ3n) is 11.5. The predicted molar refractivity (Wildman–Crippen MR) is 191 cm³/mol. The third-order valence-corrected chi connectivity index (χ3v) is 11.5. The van der Waals surface area contributed by atoms with Crippen molar-refractivity contribution in [2.45, 2.75) is 103 Å². The molecule has 3 unspecified atom stereocenters. The summed E-state index contributed by atoms with van der Waals surface area (Å²) in [6.07, 6.45) is 0.415. The molecule has 2 aromatic carbocycles. The van der Waals surface area contributed by atoms with Crippen LogP contribution in [0.3, 0.4) is 0 Å². The topological polar surface area (TPSA) is 127 Å². The minimum Gasteiger partial charge on any atom is -0.481 e. The lowest BCUT2D eigenvalue weighted by atomic mass is 9.44. The molecule has 0 heterocycles. The smallest absolute Gasteiger partial charge is 0.307 e. The normalized spacial score (nSPS) is 15.4. The van der Waals surface area contributed by atoms with Gasteiger partial charge < -0.3 is 16.2 Å². The molecule has 47 heavy (non-hydrogen) atoms. The first-order valence-electron chi connectivity index (χ1n) is 16.6. The fourth-order valence-electron chi connectivity index (χ4n) is 7.78. The van der Waals surface area contributed by atoms with Gasteiger partial charge in [-0.2, -0.15) is 0 Å². The molecule has 0 saturated carbocycles. The van der Waals surface area contributed by atoms with Gasteiger partial charge in [0.25, 0.3) is 0 Å². The number of hydrogen-bond acceptors (Lipinski definition) is 4. The second-order valence-corrected chi connectivity index (χ2v) is 17.9. The number of carboxylic acid groups (broad SMARTS) is 1. The summed E-state index contributed by atoms with van der Waals surface area (Å²) in [5.41, 5.74) is 3.61. The van der Waals surface area contributed by atoms with Crippen LogP contribution in [0.25, 0.3) is 0 Å². The molecule has 0 spiro atoms. The number of carbonyl (C=O) groups is 4. The van der Waals surface area contributed by atoms with E-state index >= 15 is 0 Å². The quantitative estimate of drug-likeness (QED) is 0.187. The Labute approximate surface area is 283 Å². The monoisotopic (exact) mass is 648 g/mol. The molecule has 2 amide bonds. The van der Waals surface area contributed by atoms with Gasteiger partial charge in [-0.25, -0.2) is 0 Å². The van der Waals surface area contributed by atoms with Crippen LogP contribution < -0.4 is 11.1 Å². The Morgan fingerprint density at radius 3 is 1.49 bits per heavy atom. The largest absolute Gasteiger partial charge is 0.481 e. The van der Waals surface area contributed by atoms with Crippen molar-refractivity contribution < 1.29 is 24.3 Å². The summed E-state index contributed by atoms with van der Waals surface area (Å²) in [5, 5.41) is 14.0. The van der Waals surface area contributed by atoms with Crippen LogP contribution in [-0.2, 0) is 14.4 Å². The number of anilines is 1. The first kappa shape index (κ1) is 39.7. The van der Waals surface area contributed by atoms with E-state index in [1.54, 1.807) is 36.4 Å². The highest BCUT2D eigenvalue weighted by molar-refractivity contribution is 6.09. The lowest BCUT2D eigenvalue weighted by molar-refractivity contribution is -0.177. The molecule has 0 aliphatic heterocycles. The van der Waals surface area contributed by atoms with Crippen LogP contribution in [0.4, 0.5) is 5.69 Å². The lowest BCUT2D eigenvalue weighted by Gasteiger charge is -2.59. The van der Waals surface area contributed by atoms with Crippen LogP contribution in [0.5, 0.6) is 0 Å². The van der Waals surface area contributed by atoms with Crippen LogP contribution in [0.1, 0.15) is 119 Å². The number of nitrogens with two attached hydrogens (primary N) is 1. The molecule has 2 aromatic rings. The van der Waals surface area contributed by atoms with Gasteiger partial charge in [-0.05, 0) is 63.2 Å². The van der Waals surface area contributed by atoms with Gasteiger partial charge in [0.05, 0.1) is 5.92 Å². The number of ketones is 1. The Hall–Kier alpha value is -3.48.